The van der Waals surface area contributed by atoms with Crippen molar-refractivity contribution in [1.82, 2.24) is 0 Å². The highest BCUT2D eigenvalue weighted by molar-refractivity contribution is 5.79. The Morgan fingerprint density at radius 1 is 0.958 bits per heavy atom. The zero-order valence-electron chi connectivity index (χ0n) is 15.9. The molecule has 0 aromatic carbocycles. The van der Waals surface area contributed by atoms with E-state index in [-0.39, 0.29) is 0 Å². The summed E-state index contributed by atoms with van der Waals surface area (Å²) in [7, 11) is 0. The van der Waals surface area contributed by atoms with Gasteiger partial charge in [-0.2, -0.15) is 0 Å². The third kappa shape index (κ3) is 2.27. The molecule has 4 rings (SSSR count). The minimum Gasteiger partial charge on any atom is -0.396 e. The summed E-state index contributed by atoms with van der Waals surface area (Å²) >= 11 is 0. The first-order valence-electron chi connectivity index (χ1n) is 10.5. The van der Waals surface area contributed by atoms with Crippen molar-refractivity contribution in [3.8, 4) is 0 Å². The van der Waals surface area contributed by atoms with Gasteiger partial charge in [0.25, 0.3) is 0 Å². The van der Waals surface area contributed by atoms with E-state index >= 15 is 0 Å². The summed E-state index contributed by atoms with van der Waals surface area (Å²) in [6.45, 7) is 7.26. The first-order valence-corrected chi connectivity index (χ1v) is 10.5. The predicted octanol–water partition coefficient (Wildman–Crippen LogP) is 4.84. The molecule has 0 heterocycles. The number of ketones is 1. The van der Waals surface area contributed by atoms with Crippen LogP contribution < -0.4 is 0 Å². The number of Topliss-reactive ketones (excluding diaryl/α,β-unsaturated/α-hetero) is 1. The van der Waals surface area contributed by atoms with Gasteiger partial charge in [0.05, 0.1) is 0 Å². The average Bonchev–Trinajstić information content (AvgIpc) is 2.91. The smallest absolute Gasteiger partial charge is 0.133 e. The molecule has 0 amide bonds. The van der Waals surface area contributed by atoms with Crippen molar-refractivity contribution in [2.75, 3.05) is 6.61 Å². The molecule has 2 heteroatoms. The lowest BCUT2D eigenvalue weighted by Gasteiger charge is -2.61. The van der Waals surface area contributed by atoms with Crippen LogP contribution in [0.5, 0.6) is 0 Å². The average molecular weight is 333 g/mol. The molecular formula is C22H36O2. The van der Waals surface area contributed by atoms with Gasteiger partial charge < -0.3 is 5.11 Å². The lowest BCUT2D eigenvalue weighted by atomic mass is 9.44. The minimum absolute atomic E-state index is 0.290. The molecule has 0 saturated heterocycles. The lowest BCUT2D eigenvalue weighted by molar-refractivity contribution is -0.136. The fraction of sp³-hybridized carbons (Fsp3) is 0.955. The second kappa shape index (κ2) is 5.83. The molecule has 136 valence electrons. The fourth-order valence-corrected chi connectivity index (χ4v) is 8.18. The van der Waals surface area contributed by atoms with Gasteiger partial charge in [0.1, 0.15) is 5.78 Å². The summed E-state index contributed by atoms with van der Waals surface area (Å²) in [6.07, 6.45) is 11.6. The molecule has 0 aliphatic heterocycles. The van der Waals surface area contributed by atoms with E-state index in [1.165, 1.54) is 51.4 Å². The van der Waals surface area contributed by atoms with Crippen LogP contribution in [-0.2, 0) is 4.79 Å². The fourth-order valence-electron chi connectivity index (χ4n) is 8.18. The summed E-state index contributed by atoms with van der Waals surface area (Å²) in [5, 5.41) is 9.60. The van der Waals surface area contributed by atoms with Gasteiger partial charge in [-0.25, -0.2) is 0 Å². The number of carbonyl (C=O) groups is 1. The second-order valence-corrected chi connectivity index (χ2v) is 10.3. The van der Waals surface area contributed by atoms with Gasteiger partial charge in [0, 0.05) is 12.5 Å². The number of aliphatic hydroxyl groups is 1. The third-order valence-corrected chi connectivity index (χ3v) is 9.52. The number of aliphatic hydroxyl groups excluding tert-OH is 1. The van der Waals surface area contributed by atoms with E-state index in [4.69, 9.17) is 0 Å². The summed E-state index contributed by atoms with van der Waals surface area (Å²) < 4.78 is 0. The molecule has 4 fully saturated rings. The predicted molar refractivity (Wildman–Crippen MR) is 96.5 cm³/mol. The first-order chi connectivity index (χ1) is 11.4. The Balaban J connectivity index is 1.59. The number of fused-ring (bicyclic) bond motifs is 5. The molecule has 0 bridgehead atoms. The van der Waals surface area contributed by atoms with Crippen molar-refractivity contribution >= 4 is 5.78 Å². The van der Waals surface area contributed by atoms with E-state index in [9.17, 15) is 9.90 Å². The van der Waals surface area contributed by atoms with Crippen LogP contribution in [0, 0.1) is 46.3 Å². The zero-order chi connectivity index (χ0) is 17.1. The van der Waals surface area contributed by atoms with Gasteiger partial charge in [-0.3, -0.25) is 4.79 Å². The maximum Gasteiger partial charge on any atom is 0.133 e. The molecule has 8 atom stereocenters. The van der Waals surface area contributed by atoms with Gasteiger partial charge >= 0.3 is 0 Å². The molecule has 0 radical (unpaired) electrons. The number of hydrogen-bond acceptors (Lipinski definition) is 2. The summed E-state index contributed by atoms with van der Waals surface area (Å²) in [4.78, 5) is 12.2. The molecule has 0 aromatic rings. The van der Waals surface area contributed by atoms with Crippen LogP contribution in [0.25, 0.3) is 0 Å². The van der Waals surface area contributed by atoms with Crippen molar-refractivity contribution in [2.45, 2.75) is 78.6 Å². The van der Waals surface area contributed by atoms with E-state index in [1.54, 1.807) is 0 Å². The van der Waals surface area contributed by atoms with Gasteiger partial charge in [-0.1, -0.05) is 13.8 Å². The van der Waals surface area contributed by atoms with Gasteiger partial charge in [0.15, 0.2) is 0 Å². The van der Waals surface area contributed by atoms with Crippen LogP contribution in [0.3, 0.4) is 0 Å². The van der Waals surface area contributed by atoms with Gasteiger partial charge in [-0.15, -0.1) is 0 Å². The number of rotatable bonds is 2. The van der Waals surface area contributed by atoms with E-state index in [0.717, 1.165) is 30.1 Å². The molecule has 24 heavy (non-hydrogen) atoms. The van der Waals surface area contributed by atoms with Crippen molar-refractivity contribution in [1.29, 1.82) is 0 Å². The van der Waals surface area contributed by atoms with E-state index in [1.807, 2.05) is 6.92 Å². The van der Waals surface area contributed by atoms with Crippen LogP contribution in [0.1, 0.15) is 78.6 Å². The topological polar surface area (TPSA) is 37.3 Å². The zero-order valence-corrected chi connectivity index (χ0v) is 15.9. The van der Waals surface area contributed by atoms with Crippen molar-refractivity contribution in [2.24, 2.45) is 46.3 Å². The van der Waals surface area contributed by atoms with Crippen LogP contribution >= 0.6 is 0 Å². The Labute approximate surface area is 147 Å². The molecule has 5 unspecified atom stereocenters. The number of hydrogen-bond donors (Lipinski definition) is 1. The van der Waals surface area contributed by atoms with Crippen LogP contribution in [0.4, 0.5) is 0 Å². The second-order valence-electron chi connectivity index (χ2n) is 10.3. The maximum atomic E-state index is 12.2. The quantitative estimate of drug-likeness (QED) is 0.785. The highest BCUT2D eigenvalue weighted by atomic mass is 16.3. The molecule has 4 aliphatic rings. The Morgan fingerprint density at radius 3 is 2.38 bits per heavy atom. The van der Waals surface area contributed by atoms with E-state index < -0.39 is 0 Å². The largest absolute Gasteiger partial charge is 0.396 e. The van der Waals surface area contributed by atoms with Crippen LogP contribution in [0.2, 0.25) is 0 Å². The molecule has 4 saturated carbocycles. The van der Waals surface area contributed by atoms with E-state index in [0.29, 0.717) is 35.1 Å². The highest BCUT2D eigenvalue weighted by Gasteiger charge is 2.60. The van der Waals surface area contributed by atoms with Crippen molar-refractivity contribution in [3.63, 3.8) is 0 Å². The van der Waals surface area contributed by atoms with Gasteiger partial charge in [-0.05, 0) is 105 Å². The number of carbonyl (C=O) groups excluding carboxylic acids is 1. The molecular weight excluding hydrogens is 296 g/mol. The summed E-state index contributed by atoms with van der Waals surface area (Å²) in [6, 6.07) is 0. The Kier molecular flexibility index (Phi) is 4.14. The molecule has 1 N–H and O–H groups in total. The minimum atomic E-state index is 0.290. The van der Waals surface area contributed by atoms with E-state index in [2.05, 4.69) is 13.8 Å². The van der Waals surface area contributed by atoms with Gasteiger partial charge in [0.2, 0.25) is 0 Å². The van der Waals surface area contributed by atoms with Crippen LogP contribution in [0.15, 0.2) is 0 Å². The highest BCUT2D eigenvalue weighted by Crippen LogP contribution is 2.67. The summed E-state index contributed by atoms with van der Waals surface area (Å²) in [5.41, 5.74) is 0.794. The normalized spacial score (nSPS) is 53.8. The molecule has 0 aromatic heterocycles. The first kappa shape index (κ1) is 17.1. The third-order valence-electron chi connectivity index (χ3n) is 9.52. The molecule has 0 spiro atoms. The standard InChI is InChI=1S/C22H36O2/c1-14(24)18-6-7-19-17-5-4-16-12-15(13-23)8-10-21(16,2)20(17)9-11-22(18,19)3/h15-20,23H,4-13H2,1-3H3/t15?,16?,17?,18-,19?,20?,21+,22-/m1/s1. The SMILES string of the molecule is CC(=O)[C@H]1CCC2C3CCC4CC(CO)CC[C@]4(C)C3CC[C@@]21C. The van der Waals surface area contributed by atoms with Crippen molar-refractivity contribution < 1.29 is 9.90 Å². The van der Waals surface area contributed by atoms with Crippen LogP contribution in [-0.4, -0.2) is 17.5 Å². The summed E-state index contributed by atoms with van der Waals surface area (Å²) in [5.74, 6) is 4.69. The lowest BCUT2D eigenvalue weighted by Crippen LogP contribution is -2.54. The monoisotopic (exact) mass is 332 g/mol. The maximum absolute atomic E-state index is 12.2. The Morgan fingerprint density at radius 2 is 1.67 bits per heavy atom. The van der Waals surface area contributed by atoms with Crippen molar-refractivity contribution in [3.05, 3.63) is 0 Å². The Bertz CT molecular complexity index is 514. The molecule has 4 aliphatic carbocycles. The molecule has 2 nitrogen and oxygen atoms in total. The Hall–Kier alpha value is -0.370.